The topological polar surface area (TPSA) is 67.6 Å². The molecule has 1 heterocycles. The van der Waals surface area contributed by atoms with E-state index in [1.807, 2.05) is 0 Å². The molecule has 7 heteroatoms. The summed E-state index contributed by atoms with van der Waals surface area (Å²) in [4.78, 5) is 12.4. The van der Waals surface area contributed by atoms with Gasteiger partial charge in [0, 0.05) is 32.2 Å². The van der Waals surface area contributed by atoms with E-state index >= 15 is 0 Å². The van der Waals surface area contributed by atoms with Gasteiger partial charge in [-0.25, -0.2) is 0 Å². The Morgan fingerprint density at radius 3 is 2.61 bits per heavy atom. The molecule has 0 aromatic heterocycles. The molecule has 0 spiro atoms. The summed E-state index contributed by atoms with van der Waals surface area (Å²) in [5.74, 6) is 0.557. The molecule has 0 radical (unpaired) electrons. The molecule has 0 atom stereocenters. The number of hydrogen-bond acceptors (Lipinski definition) is 5. The Bertz CT molecular complexity index is 422. The van der Waals surface area contributed by atoms with Crippen LogP contribution in [0.2, 0.25) is 0 Å². The SMILES string of the molecule is COc1cc([N+](=O)[O-])ccc1N1CCNCC1.Cl. The Balaban J connectivity index is 0.00000162. The summed E-state index contributed by atoms with van der Waals surface area (Å²) in [5.41, 5.74) is 0.973. The van der Waals surface area contributed by atoms with Gasteiger partial charge in [0.2, 0.25) is 0 Å². The van der Waals surface area contributed by atoms with Crippen LogP contribution < -0.4 is 15.0 Å². The third-order valence-electron chi connectivity index (χ3n) is 2.83. The Kier molecular flexibility index (Phi) is 5.18. The lowest BCUT2D eigenvalue weighted by molar-refractivity contribution is -0.384. The van der Waals surface area contributed by atoms with E-state index < -0.39 is 4.92 Å². The minimum absolute atomic E-state index is 0. The van der Waals surface area contributed by atoms with Gasteiger partial charge in [-0.05, 0) is 6.07 Å². The van der Waals surface area contributed by atoms with E-state index in [-0.39, 0.29) is 18.1 Å². The Labute approximate surface area is 111 Å². The van der Waals surface area contributed by atoms with Crippen LogP contribution in [0.15, 0.2) is 18.2 Å². The van der Waals surface area contributed by atoms with E-state index in [9.17, 15) is 10.1 Å². The number of benzene rings is 1. The molecular formula is C11H16ClN3O3. The lowest BCUT2D eigenvalue weighted by Gasteiger charge is -2.30. The van der Waals surface area contributed by atoms with Crippen LogP contribution in [0.3, 0.4) is 0 Å². The van der Waals surface area contributed by atoms with Gasteiger partial charge in [-0.1, -0.05) is 0 Å². The Hall–Kier alpha value is -1.53. The van der Waals surface area contributed by atoms with Crippen molar-refractivity contribution in [2.75, 3.05) is 38.2 Å². The number of halogens is 1. The molecule has 0 aliphatic carbocycles. The fourth-order valence-electron chi connectivity index (χ4n) is 1.95. The smallest absolute Gasteiger partial charge is 0.273 e. The van der Waals surface area contributed by atoms with Crippen molar-refractivity contribution >= 4 is 23.8 Å². The zero-order chi connectivity index (χ0) is 12.3. The molecule has 0 saturated carbocycles. The standard InChI is InChI=1S/C11H15N3O3.ClH/c1-17-11-8-9(14(15)16)2-3-10(11)13-6-4-12-5-7-13;/h2-3,8,12H,4-7H2,1H3;1H. The van der Waals surface area contributed by atoms with Crippen LogP contribution in [0.5, 0.6) is 5.75 Å². The van der Waals surface area contributed by atoms with E-state index in [0.29, 0.717) is 5.75 Å². The monoisotopic (exact) mass is 273 g/mol. The van der Waals surface area contributed by atoms with Gasteiger partial charge >= 0.3 is 0 Å². The first kappa shape index (κ1) is 14.5. The number of nitro groups is 1. The van der Waals surface area contributed by atoms with E-state index in [1.54, 1.807) is 6.07 Å². The maximum Gasteiger partial charge on any atom is 0.273 e. The molecule has 6 nitrogen and oxygen atoms in total. The third kappa shape index (κ3) is 3.02. The largest absolute Gasteiger partial charge is 0.494 e. The number of piperazine rings is 1. The van der Waals surface area contributed by atoms with Crippen molar-refractivity contribution < 1.29 is 9.66 Å². The van der Waals surface area contributed by atoms with Crippen LogP contribution in [0.25, 0.3) is 0 Å². The van der Waals surface area contributed by atoms with Crippen LogP contribution in [0.1, 0.15) is 0 Å². The summed E-state index contributed by atoms with van der Waals surface area (Å²) in [6.45, 7) is 3.60. The van der Waals surface area contributed by atoms with Crippen LogP contribution in [-0.2, 0) is 0 Å². The van der Waals surface area contributed by atoms with Crippen molar-refractivity contribution in [1.82, 2.24) is 5.32 Å². The average molecular weight is 274 g/mol. The quantitative estimate of drug-likeness (QED) is 0.667. The molecule has 100 valence electrons. The molecule has 1 fully saturated rings. The first-order valence-electron chi connectivity index (χ1n) is 5.50. The maximum atomic E-state index is 10.7. The van der Waals surface area contributed by atoms with E-state index in [0.717, 1.165) is 31.9 Å². The van der Waals surface area contributed by atoms with Gasteiger partial charge in [-0.2, -0.15) is 0 Å². The van der Waals surface area contributed by atoms with Crippen molar-refractivity contribution in [1.29, 1.82) is 0 Å². The predicted molar refractivity (Wildman–Crippen MR) is 72.0 cm³/mol. The Morgan fingerprint density at radius 1 is 1.39 bits per heavy atom. The summed E-state index contributed by atoms with van der Waals surface area (Å²) in [6, 6.07) is 4.74. The number of hydrogen-bond donors (Lipinski definition) is 1. The minimum Gasteiger partial charge on any atom is -0.494 e. The molecular weight excluding hydrogens is 258 g/mol. The zero-order valence-electron chi connectivity index (χ0n) is 10.1. The molecule has 1 aliphatic heterocycles. The summed E-state index contributed by atoms with van der Waals surface area (Å²) in [7, 11) is 1.53. The number of nitrogens with one attached hydrogen (secondary N) is 1. The lowest BCUT2D eigenvalue weighted by Crippen LogP contribution is -2.43. The molecule has 1 aromatic rings. The normalized spacial score (nSPS) is 14.8. The van der Waals surface area contributed by atoms with Crippen molar-refractivity contribution in [3.63, 3.8) is 0 Å². The van der Waals surface area contributed by atoms with Gasteiger partial charge in [-0.15, -0.1) is 12.4 Å². The number of anilines is 1. The molecule has 0 amide bonds. The highest BCUT2D eigenvalue weighted by atomic mass is 35.5. The summed E-state index contributed by atoms with van der Waals surface area (Å²) in [5, 5.41) is 13.9. The second kappa shape index (κ2) is 6.42. The van der Waals surface area contributed by atoms with Crippen molar-refractivity contribution in [3.8, 4) is 5.75 Å². The zero-order valence-corrected chi connectivity index (χ0v) is 10.9. The first-order chi connectivity index (χ1) is 8.22. The highest BCUT2D eigenvalue weighted by Crippen LogP contribution is 2.32. The van der Waals surface area contributed by atoms with Crippen LogP contribution in [0, 0.1) is 10.1 Å². The van der Waals surface area contributed by atoms with E-state index in [4.69, 9.17) is 4.74 Å². The number of ether oxygens (including phenoxy) is 1. The van der Waals surface area contributed by atoms with Crippen molar-refractivity contribution in [2.24, 2.45) is 0 Å². The molecule has 1 aromatic carbocycles. The number of rotatable bonds is 3. The van der Waals surface area contributed by atoms with E-state index in [2.05, 4.69) is 10.2 Å². The lowest BCUT2D eigenvalue weighted by atomic mass is 10.2. The van der Waals surface area contributed by atoms with Gasteiger partial charge in [0.1, 0.15) is 5.75 Å². The number of methoxy groups -OCH3 is 1. The second-order valence-corrected chi connectivity index (χ2v) is 3.85. The molecule has 1 N–H and O–H groups in total. The number of nitro benzene ring substituents is 1. The summed E-state index contributed by atoms with van der Waals surface area (Å²) < 4.78 is 5.22. The fraction of sp³-hybridized carbons (Fsp3) is 0.455. The molecule has 2 rings (SSSR count). The van der Waals surface area contributed by atoms with Gasteiger partial charge in [0.25, 0.3) is 5.69 Å². The molecule has 0 unspecified atom stereocenters. The molecule has 1 aliphatic rings. The molecule has 0 bridgehead atoms. The van der Waals surface area contributed by atoms with Gasteiger partial charge in [0.15, 0.2) is 0 Å². The Morgan fingerprint density at radius 2 is 2.06 bits per heavy atom. The van der Waals surface area contributed by atoms with Crippen molar-refractivity contribution in [2.45, 2.75) is 0 Å². The average Bonchev–Trinajstić information content (AvgIpc) is 2.39. The van der Waals surface area contributed by atoms with Gasteiger partial charge in [0.05, 0.1) is 23.8 Å². The van der Waals surface area contributed by atoms with Crippen molar-refractivity contribution in [3.05, 3.63) is 28.3 Å². The molecule has 1 saturated heterocycles. The van der Waals surface area contributed by atoms with Gasteiger partial charge in [-0.3, -0.25) is 10.1 Å². The number of nitrogens with zero attached hydrogens (tertiary/aromatic N) is 2. The highest BCUT2D eigenvalue weighted by Gasteiger charge is 2.17. The first-order valence-corrected chi connectivity index (χ1v) is 5.50. The summed E-state index contributed by atoms with van der Waals surface area (Å²) in [6.07, 6.45) is 0. The fourth-order valence-corrected chi connectivity index (χ4v) is 1.95. The summed E-state index contributed by atoms with van der Waals surface area (Å²) >= 11 is 0. The molecule has 18 heavy (non-hydrogen) atoms. The second-order valence-electron chi connectivity index (χ2n) is 3.85. The van der Waals surface area contributed by atoms with Crippen LogP contribution in [-0.4, -0.2) is 38.2 Å². The predicted octanol–water partition coefficient (Wildman–Crippen LogP) is 1.43. The maximum absolute atomic E-state index is 10.7. The van der Waals surface area contributed by atoms with Gasteiger partial charge < -0.3 is 15.0 Å². The minimum atomic E-state index is -0.413. The number of non-ortho nitro benzene ring substituents is 1. The third-order valence-corrected chi connectivity index (χ3v) is 2.83. The van der Waals surface area contributed by atoms with Crippen LogP contribution in [0.4, 0.5) is 11.4 Å². The highest BCUT2D eigenvalue weighted by molar-refractivity contribution is 5.85. The van der Waals surface area contributed by atoms with Crippen LogP contribution >= 0.6 is 12.4 Å². The van der Waals surface area contributed by atoms with E-state index in [1.165, 1.54) is 19.2 Å².